The van der Waals surface area contributed by atoms with Crippen LogP contribution in [-0.2, 0) is 4.74 Å². The van der Waals surface area contributed by atoms with Crippen molar-refractivity contribution in [1.29, 1.82) is 10.5 Å². The number of nitrogens with zero attached hydrogens (tertiary/aromatic N) is 2. The van der Waals surface area contributed by atoms with Crippen molar-refractivity contribution in [3.63, 3.8) is 0 Å². The van der Waals surface area contributed by atoms with Crippen LogP contribution in [0.4, 0.5) is 0 Å². The van der Waals surface area contributed by atoms with Crippen molar-refractivity contribution in [2.45, 2.75) is 5.92 Å². The Morgan fingerprint density at radius 3 is 1.71 bits per heavy atom. The predicted molar refractivity (Wildman–Crippen MR) is 83.6 cm³/mol. The first kappa shape index (κ1) is 16.8. The summed E-state index contributed by atoms with van der Waals surface area (Å²) in [7, 11) is 4.41. The molecule has 0 bridgehead atoms. The minimum absolute atomic E-state index is 0.0787. The largest absolute Gasteiger partial charge is 0.493 e. The fourth-order valence-electron chi connectivity index (χ4n) is 2.50. The molecule has 24 heavy (non-hydrogen) atoms. The topological polar surface area (TPSA) is 137 Å². The third-order valence-corrected chi connectivity index (χ3v) is 3.59. The normalized spacial score (nSPS) is 14.5. The van der Waals surface area contributed by atoms with Gasteiger partial charge in [-0.3, -0.25) is 0 Å². The maximum atomic E-state index is 9.42. The number of nitriles is 2. The molecule has 0 amide bonds. The molecular formula is C16H16N4O4. The molecule has 124 valence electrons. The van der Waals surface area contributed by atoms with Gasteiger partial charge in [-0.05, 0) is 17.7 Å². The zero-order valence-corrected chi connectivity index (χ0v) is 13.4. The van der Waals surface area contributed by atoms with E-state index in [0.29, 0.717) is 22.8 Å². The van der Waals surface area contributed by atoms with E-state index in [1.54, 1.807) is 12.1 Å². The molecule has 0 atom stereocenters. The molecule has 1 heterocycles. The Labute approximate surface area is 139 Å². The minimum atomic E-state index is -0.789. The highest BCUT2D eigenvalue weighted by molar-refractivity contribution is 5.60. The van der Waals surface area contributed by atoms with Crippen LogP contribution < -0.4 is 25.7 Å². The SMILES string of the molecule is COc1cc(C2C(C#N)=C(N)OC(N)=C2C#N)cc(OC)c1OC. The summed E-state index contributed by atoms with van der Waals surface area (Å²) in [5, 5.41) is 18.8. The quantitative estimate of drug-likeness (QED) is 0.841. The van der Waals surface area contributed by atoms with Gasteiger partial charge in [0.25, 0.3) is 0 Å². The second-order valence-electron chi connectivity index (χ2n) is 4.77. The number of methoxy groups -OCH3 is 3. The maximum absolute atomic E-state index is 9.42. The van der Waals surface area contributed by atoms with Crippen molar-refractivity contribution < 1.29 is 18.9 Å². The predicted octanol–water partition coefficient (Wildman–Crippen LogP) is 1.21. The van der Waals surface area contributed by atoms with E-state index >= 15 is 0 Å². The summed E-state index contributed by atoms with van der Waals surface area (Å²) in [5.41, 5.74) is 12.2. The lowest BCUT2D eigenvalue weighted by Crippen LogP contribution is -2.23. The van der Waals surface area contributed by atoms with Crippen LogP contribution in [0, 0.1) is 22.7 Å². The number of ether oxygens (including phenoxy) is 4. The van der Waals surface area contributed by atoms with Gasteiger partial charge in [-0.15, -0.1) is 0 Å². The second-order valence-corrected chi connectivity index (χ2v) is 4.77. The third kappa shape index (κ3) is 2.61. The fraction of sp³-hybridized carbons (Fsp3) is 0.250. The lowest BCUT2D eigenvalue weighted by molar-refractivity contribution is 0.277. The van der Waals surface area contributed by atoms with E-state index in [4.69, 9.17) is 30.4 Å². The molecule has 1 aliphatic heterocycles. The zero-order valence-electron chi connectivity index (χ0n) is 13.4. The van der Waals surface area contributed by atoms with Gasteiger partial charge >= 0.3 is 0 Å². The second kappa shape index (κ2) is 6.71. The van der Waals surface area contributed by atoms with E-state index in [1.165, 1.54) is 21.3 Å². The van der Waals surface area contributed by atoms with Gasteiger partial charge in [0.2, 0.25) is 17.5 Å². The van der Waals surface area contributed by atoms with Crippen molar-refractivity contribution in [3.8, 4) is 29.4 Å². The Kier molecular flexibility index (Phi) is 4.71. The van der Waals surface area contributed by atoms with Crippen LogP contribution in [0.3, 0.4) is 0 Å². The number of nitrogens with two attached hydrogens (primary N) is 2. The van der Waals surface area contributed by atoms with Crippen LogP contribution in [-0.4, -0.2) is 21.3 Å². The van der Waals surface area contributed by atoms with Crippen molar-refractivity contribution in [3.05, 3.63) is 40.6 Å². The average molecular weight is 328 g/mol. The molecular weight excluding hydrogens is 312 g/mol. The van der Waals surface area contributed by atoms with Crippen LogP contribution in [0.2, 0.25) is 0 Å². The number of benzene rings is 1. The Hall–Kier alpha value is -3.52. The van der Waals surface area contributed by atoms with E-state index in [-0.39, 0.29) is 22.9 Å². The van der Waals surface area contributed by atoms with E-state index in [2.05, 4.69) is 0 Å². The summed E-state index contributed by atoms with van der Waals surface area (Å²) in [6.07, 6.45) is 0. The molecule has 0 radical (unpaired) electrons. The lowest BCUT2D eigenvalue weighted by Gasteiger charge is -2.25. The van der Waals surface area contributed by atoms with E-state index < -0.39 is 5.92 Å². The first-order valence-corrected chi connectivity index (χ1v) is 6.79. The minimum Gasteiger partial charge on any atom is -0.493 e. The highest BCUT2D eigenvalue weighted by atomic mass is 16.5. The number of hydrogen-bond acceptors (Lipinski definition) is 8. The Balaban J connectivity index is 2.74. The van der Waals surface area contributed by atoms with E-state index in [9.17, 15) is 10.5 Å². The summed E-state index contributed by atoms with van der Waals surface area (Å²) in [6, 6.07) is 7.20. The maximum Gasteiger partial charge on any atom is 0.207 e. The van der Waals surface area contributed by atoms with Gasteiger partial charge in [0.1, 0.15) is 23.3 Å². The summed E-state index contributed by atoms with van der Waals surface area (Å²) in [5.74, 6) is 0.0693. The molecule has 0 aliphatic carbocycles. The van der Waals surface area contributed by atoms with Crippen LogP contribution in [0.15, 0.2) is 35.0 Å². The van der Waals surface area contributed by atoms with Gasteiger partial charge in [-0.25, -0.2) is 0 Å². The van der Waals surface area contributed by atoms with Gasteiger partial charge in [0.05, 0.1) is 27.2 Å². The molecule has 0 aromatic heterocycles. The van der Waals surface area contributed by atoms with Crippen LogP contribution >= 0.6 is 0 Å². The molecule has 0 saturated carbocycles. The zero-order chi connectivity index (χ0) is 17.9. The Morgan fingerprint density at radius 2 is 1.38 bits per heavy atom. The van der Waals surface area contributed by atoms with Crippen LogP contribution in [0.25, 0.3) is 0 Å². The Bertz CT molecular complexity index is 753. The molecule has 8 nitrogen and oxygen atoms in total. The summed E-state index contributed by atoms with van der Waals surface area (Å²) in [6.45, 7) is 0. The van der Waals surface area contributed by atoms with Gasteiger partial charge < -0.3 is 30.4 Å². The summed E-state index contributed by atoms with van der Waals surface area (Å²) < 4.78 is 21.0. The third-order valence-electron chi connectivity index (χ3n) is 3.59. The molecule has 0 unspecified atom stereocenters. The van der Waals surface area contributed by atoms with Crippen molar-refractivity contribution in [1.82, 2.24) is 0 Å². The van der Waals surface area contributed by atoms with Gasteiger partial charge in [-0.2, -0.15) is 10.5 Å². The van der Waals surface area contributed by atoms with Gasteiger partial charge in [0.15, 0.2) is 11.5 Å². The molecule has 1 aromatic rings. The van der Waals surface area contributed by atoms with Gasteiger partial charge in [-0.1, -0.05) is 0 Å². The lowest BCUT2D eigenvalue weighted by atomic mass is 9.84. The number of allylic oxidation sites excluding steroid dienone is 2. The molecule has 0 saturated heterocycles. The molecule has 4 N–H and O–H groups in total. The number of hydrogen-bond donors (Lipinski definition) is 2. The average Bonchev–Trinajstić information content (AvgIpc) is 2.59. The Morgan fingerprint density at radius 1 is 0.917 bits per heavy atom. The smallest absolute Gasteiger partial charge is 0.207 e. The van der Waals surface area contributed by atoms with Crippen LogP contribution in [0.1, 0.15) is 11.5 Å². The monoisotopic (exact) mass is 328 g/mol. The molecule has 0 spiro atoms. The van der Waals surface area contributed by atoms with Crippen molar-refractivity contribution >= 4 is 0 Å². The van der Waals surface area contributed by atoms with Crippen molar-refractivity contribution in [2.75, 3.05) is 21.3 Å². The van der Waals surface area contributed by atoms with Crippen LogP contribution in [0.5, 0.6) is 17.2 Å². The van der Waals surface area contributed by atoms with Crippen molar-refractivity contribution in [2.24, 2.45) is 11.5 Å². The molecule has 1 aliphatic rings. The highest BCUT2D eigenvalue weighted by Crippen LogP contribution is 2.44. The standard InChI is InChI=1S/C16H16N4O4/c1-21-11-4-8(5-12(22-2)14(11)23-3)13-9(6-17)15(19)24-16(20)10(13)7-18/h4-5,13H,19-20H2,1-3H3. The molecule has 8 heteroatoms. The number of rotatable bonds is 4. The molecule has 0 fully saturated rings. The first-order valence-electron chi connectivity index (χ1n) is 6.79. The first-order chi connectivity index (χ1) is 11.5. The summed E-state index contributed by atoms with van der Waals surface area (Å²) in [4.78, 5) is 0. The van der Waals surface area contributed by atoms with E-state index in [1.807, 2.05) is 12.1 Å². The molecule has 2 rings (SSSR count). The van der Waals surface area contributed by atoms with E-state index in [0.717, 1.165) is 0 Å². The highest BCUT2D eigenvalue weighted by Gasteiger charge is 2.33. The fourth-order valence-corrected chi connectivity index (χ4v) is 2.50. The van der Waals surface area contributed by atoms with Gasteiger partial charge in [0, 0.05) is 0 Å². The summed E-state index contributed by atoms with van der Waals surface area (Å²) >= 11 is 0. The molecule has 1 aromatic carbocycles.